The van der Waals surface area contributed by atoms with Crippen LogP contribution in [0.15, 0.2) is 54.6 Å². The molecule has 28 heavy (non-hydrogen) atoms. The summed E-state index contributed by atoms with van der Waals surface area (Å²) in [4.78, 5) is 17.0. The quantitative estimate of drug-likeness (QED) is 0.770. The zero-order valence-corrected chi connectivity index (χ0v) is 16.8. The number of likely N-dealkylation sites (tertiary alicyclic amines) is 1. The molecule has 1 aliphatic heterocycles. The van der Waals surface area contributed by atoms with Crippen LogP contribution in [0, 0.1) is 17.2 Å². The van der Waals surface area contributed by atoms with E-state index in [0.717, 1.165) is 37.9 Å². The van der Waals surface area contributed by atoms with E-state index in [1.807, 2.05) is 37.1 Å². The van der Waals surface area contributed by atoms with E-state index in [1.54, 1.807) is 6.07 Å². The molecule has 1 amide bonds. The van der Waals surface area contributed by atoms with E-state index in [2.05, 4.69) is 41.3 Å². The van der Waals surface area contributed by atoms with E-state index in [-0.39, 0.29) is 11.9 Å². The number of likely N-dealkylation sites (N-methyl/N-ethyl adjacent to an activating group) is 1. The Morgan fingerprint density at radius 2 is 1.82 bits per heavy atom. The van der Waals surface area contributed by atoms with Crippen molar-refractivity contribution in [3.63, 3.8) is 0 Å². The Labute approximate surface area is 168 Å². The van der Waals surface area contributed by atoms with E-state index < -0.39 is 0 Å². The molecule has 0 aliphatic carbocycles. The molecule has 1 unspecified atom stereocenters. The fourth-order valence-electron chi connectivity index (χ4n) is 3.92. The molecule has 1 atom stereocenters. The van der Waals surface area contributed by atoms with Crippen LogP contribution in [0.25, 0.3) is 0 Å². The standard InChI is InChI=1S/C24H29N3O/c1-19(26(2)18-23-10-6-9-22(16-23)17-25)24(28)27-13-11-21(12-14-27)15-20-7-4-3-5-8-20/h3-10,16,19,21H,11-15,18H2,1-2H3. The number of benzene rings is 2. The van der Waals surface area contributed by atoms with Crippen LogP contribution >= 0.6 is 0 Å². The van der Waals surface area contributed by atoms with E-state index >= 15 is 0 Å². The average molecular weight is 376 g/mol. The highest BCUT2D eigenvalue weighted by atomic mass is 16.2. The number of piperidine rings is 1. The number of nitriles is 1. The van der Waals surface area contributed by atoms with Crippen molar-refractivity contribution < 1.29 is 4.79 Å². The van der Waals surface area contributed by atoms with Crippen LogP contribution in [0.4, 0.5) is 0 Å². The second kappa shape index (κ2) is 9.52. The third kappa shape index (κ3) is 5.21. The number of hydrogen-bond acceptors (Lipinski definition) is 3. The van der Waals surface area contributed by atoms with Gasteiger partial charge in [0.15, 0.2) is 0 Å². The lowest BCUT2D eigenvalue weighted by Crippen LogP contribution is -2.48. The van der Waals surface area contributed by atoms with Crippen LogP contribution < -0.4 is 0 Å². The molecular weight excluding hydrogens is 346 g/mol. The first kappa shape index (κ1) is 20.1. The molecule has 0 saturated carbocycles. The summed E-state index contributed by atoms with van der Waals surface area (Å²) in [7, 11) is 1.98. The number of carbonyl (C=O) groups excluding carboxylic acids is 1. The number of carbonyl (C=O) groups is 1. The Bertz CT molecular complexity index is 819. The van der Waals surface area contributed by atoms with Gasteiger partial charge < -0.3 is 4.90 Å². The third-order valence-electron chi connectivity index (χ3n) is 5.80. The van der Waals surface area contributed by atoms with Gasteiger partial charge in [-0.1, -0.05) is 42.5 Å². The van der Waals surface area contributed by atoms with Crippen molar-refractivity contribution in [3.05, 3.63) is 71.3 Å². The summed E-state index contributed by atoms with van der Waals surface area (Å²) in [6.45, 7) is 4.33. The van der Waals surface area contributed by atoms with Gasteiger partial charge in [0.1, 0.15) is 0 Å². The second-order valence-corrected chi connectivity index (χ2v) is 7.86. The van der Waals surface area contributed by atoms with Gasteiger partial charge in [-0.25, -0.2) is 0 Å². The van der Waals surface area contributed by atoms with Crippen molar-refractivity contribution in [2.24, 2.45) is 5.92 Å². The fourth-order valence-corrected chi connectivity index (χ4v) is 3.92. The van der Waals surface area contributed by atoms with Crippen molar-refractivity contribution in [2.75, 3.05) is 20.1 Å². The Kier molecular flexibility index (Phi) is 6.84. The van der Waals surface area contributed by atoms with Crippen molar-refractivity contribution in [1.82, 2.24) is 9.80 Å². The Balaban J connectivity index is 1.50. The number of nitrogens with zero attached hydrogens (tertiary/aromatic N) is 3. The number of rotatable bonds is 6. The van der Waals surface area contributed by atoms with Crippen LogP contribution in [0.1, 0.15) is 36.5 Å². The molecule has 1 aliphatic rings. The lowest BCUT2D eigenvalue weighted by molar-refractivity contribution is -0.137. The molecule has 3 rings (SSSR count). The van der Waals surface area contributed by atoms with Gasteiger partial charge in [0, 0.05) is 19.6 Å². The maximum Gasteiger partial charge on any atom is 0.239 e. The first-order chi connectivity index (χ1) is 13.6. The lowest BCUT2D eigenvalue weighted by Gasteiger charge is -2.35. The van der Waals surface area contributed by atoms with Gasteiger partial charge >= 0.3 is 0 Å². The fraction of sp³-hybridized carbons (Fsp3) is 0.417. The zero-order chi connectivity index (χ0) is 19.9. The van der Waals surface area contributed by atoms with Gasteiger partial charge in [-0.2, -0.15) is 5.26 Å². The normalized spacial score (nSPS) is 16.0. The minimum absolute atomic E-state index is 0.170. The Morgan fingerprint density at radius 3 is 2.50 bits per heavy atom. The highest BCUT2D eigenvalue weighted by molar-refractivity contribution is 5.81. The molecule has 2 aromatic carbocycles. The van der Waals surface area contributed by atoms with E-state index in [0.29, 0.717) is 18.0 Å². The number of hydrogen-bond donors (Lipinski definition) is 0. The van der Waals surface area contributed by atoms with Crippen molar-refractivity contribution >= 4 is 5.91 Å². The summed E-state index contributed by atoms with van der Waals surface area (Å²) in [6, 6.07) is 20.2. The predicted octanol–water partition coefficient (Wildman–Crippen LogP) is 3.86. The molecule has 4 heteroatoms. The van der Waals surface area contributed by atoms with E-state index in [9.17, 15) is 4.79 Å². The molecule has 1 fully saturated rings. The van der Waals surface area contributed by atoms with Gasteiger partial charge in [0.25, 0.3) is 0 Å². The topological polar surface area (TPSA) is 47.3 Å². The molecule has 0 radical (unpaired) electrons. The van der Waals surface area contributed by atoms with Gasteiger partial charge in [0.2, 0.25) is 5.91 Å². The Morgan fingerprint density at radius 1 is 1.14 bits per heavy atom. The van der Waals surface area contributed by atoms with E-state index in [4.69, 9.17) is 5.26 Å². The van der Waals surface area contributed by atoms with Crippen molar-refractivity contribution in [3.8, 4) is 6.07 Å². The van der Waals surface area contributed by atoms with Crippen molar-refractivity contribution in [2.45, 2.75) is 38.8 Å². The summed E-state index contributed by atoms with van der Waals surface area (Å²) in [5, 5.41) is 9.05. The van der Waals surface area contributed by atoms with Gasteiger partial charge in [-0.15, -0.1) is 0 Å². The van der Waals surface area contributed by atoms with Gasteiger partial charge in [0.05, 0.1) is 17.7 Å². The summed E-state index contributed by atoms with van der Waals surface area (Å²) in [5.41, 5.74) is 3.10. The maximum absolute atomic E-state index is 12.9. The van der Waals surface area contributed by atoms with Crippen LogP contribution in [-0.4, -0.2) is 41.9 Å². The molecular formula is C24H29N3O. The summed E-state index contributed by atoms with van der Waals surface area (Å²) in [6.07, 6.45) is 3.25. The van der Waals surface area contributed by atoms with Crippen molar-refractivity contribution in [1.29, 1.82) is 5.26 Å². The molecule has 146 valence electrons. The molecule has 1 heterocycles. The van der Waals surface area contributed by atoms with Gasteiger partial charge in [-0.05, 0) is 62.4 Å². The predicted molar refractivity (Wildman–Crippen MR) is 112 cm³/mol. The molecule has 0 bridgehead atoms. The average Bonchev–Trinajstić information content (AvgIpc) is 2.74. The molecule has 1 saturated heterocycles. The monoisotopic (exact) mass is 375 g/mol. The van der Waals surface area contributed by atoms with E-state index in [1.165, 1.54) is 5.56 Å². The SMILES string of the molecule is CC(C(=O)N1CCC(Cc2ccccc2)CC1)N(C)Cc1cccc(C#N)c1. The molecule has 2 aromatic rings. The Hall–Kier alpha value is -2.64. The zero-order valence-electron chi connectivity index (χ0n) is 16.8. The highest BCUT2D eigenvalue weighted by Crippen LogP contribution is 2.22. The number of amides is 1. The second-order valence-electron chi connectivity index (χ2n) is 7.86. The first-order valence-corrected chi connectivity index (χ1v) is 10.1. The summed E-state index contributed by atoms with van der Waals surface area (Å²) in [5.74, 6) is 0.866. The minimum atomic E-state index is -0.170. The highest BCUT2D eigenvalue weighted by Gasteiger charge is 2.28. The van der Waals surface area contributed by atoms with Gasteiger partial charge in [-0.3, -0.25) is 9.69 Å². The summed E-state index contributed by atoms with van der Waals surface area (Å²) < 4.78 is 0. The summed E-state index contributed by atoms with van der Waals surface area (Å²) >= 11 is 0. The largest absolute Gasteiger partial charge is 0.341 e. The molecule has 4 nitrogen and oxygen atoms in total. The van der Waals surface area contributed by atoms with Crippen LogP contribution in [0.5, 0.6) is 0 Å². The minimum Gasteiger partial charge on any atom is -0.341 e. The first-order valence-electron chi connectivity index (χ1n) is 10.1. The molecule has 0 aromatic heterocycles. The third-order valence-corrected chi connectivity index (χ3v) is 5.80. The van der Waals surface area contributed by atoms with Crippen LogP contribution in [-0.2, 0) is 17.8 Å². The maximum atomic E-state index is 12.9. The lowest BCUT2D eigenvalue weighted by atomic mass is 9.90. The van der Waals surface area contributed by atoms with Crippen LogP contribution in [0.2, 0.25) is 0 Å². The van der Waals surface area contributed by atoms with Crippen LogP contribution in [0.3, 0.4) is 0 Å². The molecule has 0 N–H and O–H groups in total. The molecule has 0 spiro atoms. The smallest absolute Gasteiger partial charge is 0.239 e.